The van der Waals surface area contributed by atoms with E-state index in [-0.39, 0.29) is 16.1 Å². The number of hydrogen-bond donors (Lipinski definition) is 1. The summed E-state index contributed by atoms with van der Waals surface area (Å²) < 4.78 is 26.7. The van der Waals surface area contributed by atoms with E-state index < -0.39 is 20.9 Å². The van der Waals surface area contributed by atoms with Crippen LogP contribution in [0.25, 0.3) is 6.08 Å². The molecule has 0 aromatic heterocycles. The molecular weight excluding hydrogens is 408 g/mol. The minimum absolute atomic E-state index is 0.0396. The number of benzene rings is 2. The summed E-state index contributed by atoms with van der Waals surface area (Å²) in [6, 6.07) is 12.0. The Hall–Kier alpha value is -3.37. The Morgan fingerprint density at radius 1 is 1.13 bits per heavy atom. The van der Waals surface area contributed by atoms with Crippen LogP contribution >= 0.6 is 0 Å². The topological polar surface area (TPSA) is 122 Å². The molecule has 0 aliphatic carbocycles. The lowest BCUT2D eigenvalue weighted by Crippen LogP contribution is -2.28. The Kier molecular flexibility index (Phi) is 6.70. The SMILES string of the molecule is O=C(N/N=C/C=C/c1ccccc1[N+](=O)[O-])c1cccc(S(=O)(=O)N2CCCC2)c1. The second-order valence-corrected chi connectivity index (χ2v) is 8.47. The molecule has 1 amide bonds. The van der Waals surface area contributed by atoms with E-state index in [1.54, 1.807) is 18.2 Å². The number of carbonyl (C=O) groups is 1. The van der Waals surface area contributed by atoms with Gasteiger partial charge in [-0.2, -0.15) is 9.41 Å². The number of nitrogens with one attached hydrogen (secondary N) is 1. The summed E-state index contributed by atoms with van der Waals surface area (Å²) >= 11 is 0. The van der Waals surface area contributed by atoms with E-state index in [0.29, 0.717) is 18.7 Å². The highest BCUT2D eigenvalue weighted by molar-refractivity contribution is 7.89. The first-order valence-corrected chi connectivity index (χ1v) is 10.7. The Balaban J connectivity index is 1.65. The van der Waals surface area contributed by atoms with Gasteiger partial charge in [0, 0.05) is 30.9 Å². The van der Waals surface area contributed by atoms with Crippen LogP contribution in [0.15, 0.2) is 64.6 Å². The van der Waals surface area contributed by atoms with Crippen molar-refractivity contribution < 1.29 is 18.1 Å². The van der Waals surface area contributed by atoms with Crippen LogP contribution in [0, 0.1) is 10.1 Å². The fraction of sp³-hybridized carbons (Fsp3) is 0.200. The maximum absolute atomic E-state index is 12.6. The lowest BCUT2D eigenvalue weighted by Gasteiger charge is -2.15. The third-order valence-electron chi connectivity index (χ3n) is 4.53. The maximum Gasteiger partial charge on any atom is 0.276 e. The third-order valence-corrected chi connectivity index (χ3v) is 6.43. The summed E-state index contributed by atoms with van der Waals surface area (Å²) in [7, 11) is -3.62. The lowest BCUT2D eigenvalue weighted by molar-refractivity contribution is -0.385. The molecule has 1 heterocycles. The van der Waals surface area contributed by atoms with Crippen molar-refractivity contribution in [2.45, 2.75) is 17.7 Å². The summed E-state index contributed by atoms with van der Waals surface area (Å²) in [5, 5.41) is 14.7. The number of hydrazone groups is 1. The van der Waals surface area contributed by atoms with E-state index in [9.17, 15) is 23.3 Å². The third kappa shape index (κ3) is 4.97. The molecule has 1 aliphatic rings. The Morgan fingerprint density at radius 3 is 2.60 bits per heavy atom. The van der Waals surface area contributed by atoms with Gasteiger partial charge in [0.2, 0.25) is 10.0 Å². The van der Waals surface area contributed by atoms with Crippen LogP contribution in [0.4, 0.5) is 5.69 Å². The molecule has 3 rings (SSSR count). The molecule has 0 atom stereocenters. The summed E-state index contributed by atoms with van der Waals surface area (Å²) in [6.07, 6.45) is 5.88. The Labute approximate surface area is 173 Å². The predicted molar refractivity (Wildman–Crippen MR) is 113 cm³/mol. The van der Waals surface area contributed by atoms with Crippen LogP contribution < -0.4 is 5.43 Å². The first-order valence-electron chi connectivity index (χ1n) is 9.23. The first-order chi connectivity index (χ1) is 14.4. The molecule has 30 heavy (non-hydrogen) atoms. The predicted octanol–water partition coefficient (Wildman–Crippen LogP) is 2.81. The van der Waals surface area contributed by atoms with Crippen LogP contribution in [-0.4, -0.2) is 42.9 Å². The zero-order valence-electron chi connectivity index (χ0n) is 16.0. The molecule has 1 aliphatic heterocycles. The van der Waals surface area contributed by atoms with E-state index in [2.05, 4.69) is 10.5 Å². The van der Waals surface area contributed by atoms with Crippen LogP contribution in [-0.2, 0) is 10.0 Å². The van der Waals surface area contributed by atoms with Crippen LogP contribution in [0.3, 0.4) is 0 Å². The number of rotatable bonds is 7. The van der Waals surface area contributed by atoms with Crippen molar-refractivity contribution in [1.29, 1.82) is 0 Å². The van der Waals surface area contributed by atoms with Gasteiger partial charge < -0.3 is 0 Å². The van der Waals surface area contributed by atoms with Gasteiger partial charge in [0.1, 0.15) is 0 Å². The summed E-state index contributed by atoms with van der Waals surface area (Å²) in [6.45, 7) is 0.962. The highest BCUT2D eigenvalue weighted by atomic mass is 32.2. The van der Waals surface area contributed by atoms with Crippen molar-refractivity contribution >= 4 is 33.9 Å². The molecule has 1 fully saturated rings. The van der Waals surface area contributed by atoms with Crippen LogP contribution in [0.1, 0.15) is 28.8 Å². The fourth-order valence-electron chi connectivity index (χ4n) is 3.02. The van der Waals surface area contributed by atoms with E-state index in [4.69, 9.17) is 0 Å². The van der Waals surface area contributed by atoms with Gasteiger partial charge in [-0.1, -0.05) is 18.2 Å². The standard InChI is InChI=1S/C20H20N4O5S/c25-20(22-21-12-6-9-16-7-1-2-11-19(16)24(26)27)17-8-5-10-18(15-17)30(28,29)23-13-3-4-14-23/h1-2,5-12,15H,3-4,13-14H2,(H,22,25)/b9-6+,21-12+. The van der Waals surface area contributed by atoms with E-state index >= 15 is 0 Å². The molecule has 1 saturated heterocycles. The molecule has 156 valence electrons. The van der Waals surface area contributed by atoms with Gasteiger partial charge in [-0.05, 0) is 49.3 Å². The first kappa shape index (κ1) is 21.3. The van der Waals surface area contributed by atoms with Crippen LogP contribution in [0.5, 0.6) is 0 Å². The van der Waals surface area contributed by atoms with E-state index in [1.165, 1.54) is 53.0 Å². The van der Waals surface area contributed by atoms with Gasteiger partial charge >= 0.3 is 0 Å². The van der Waals surface area contributed by atoms with Crippen molar-refractivity contribution in [2.24, 2.45) is 5.10 Å². The number of allylic oxidation sites excluding steroid dienone is 1. The number of sulfonamides is 1. The fourth-order valence-corrected chi connectivity index (χ4v) is 4.58. The Bertz CT molecular complexity index is 1110. The quantitative estimate of drug-likeness (QED) is 0.413. The average molecular weight is 428 g/mol. The molecule has 1 N–H and O–H groups in total. The normalized spacial score (nSPS) is 15.1. The molecule has 0 saturated carbocycles. The van der Waals surface area contributed by atoms with Crippen molar-refractivity contribution in [3.8, 4) is 0 Å². The van der Waals surface area contributed by atoms with Crippen LogP contribution in [0.2, 0.25) is 0 Å². The summed E-state index contributed by atoms with van der Waals surface area (Å²) in [5.41, 5.74) is 2.83. The number of carbonyl (C=O) groups excluding carboxylic acids is 1. The smallest absolute Gasteiger partial charge is 0.267 e. The monoisotopic (exact) mass is 428 g/mol. The molecular formula is C20H20N4O5S. The van der Waals surface area contributed by atoms with Gasteiger partial charge in [0.25, 0.3) is 11.6 Å². The number of nitro benzene ring substituents is 1. The molecule has 0 unspecified atom stereocenters. The van der Waals surface area contributed by atoms with Crippen molar-refractivity contribution in [1.82, 2.24) is 9.73 Å². The van der Waals surface area contributed by atoms with Gasteiger partial charge in [-0.3, -0.25) is 14.9 Å². The zero-order chi connectivity index (χ0) is 21.6. The highest BCUT2D eigenvalue weighted by Crippen LogP contribution is 2.21. The highest BCUT2D eigenvalue weighted by Gasteiger charge is 2.27. The molecule has 0 bridgehead atoms. The molecule has 9 nitrogen and oxygen atoms in total. The Morgan fingerprint density at radius 2 is 1.87 bits per heavy atom. The number of hydrogen-bond acceptors (Lipinski definition) is 6. The minimum Gasteiger partial charge on any atom is -0.267 e. The van der Waals surface area contributed by atoms with Crippen molar-refractivity contribution in [3.63, 3.8) is 0 Å². The minimum atomic E-state index is -3.62. The summed E-state index contributed by atoms with van der Waals surface area (Å²) in [5.74, 6) is -0.566. The molecule has 2 aromatic carbocycles. The second-order valence-electron chi connectivity index (χ2n) is 6.53. The molecule has 2 aromatic rings. The molecule has 10 heteroatoms. The van der Waals surface area contributed by atoms with Gasteiger partial charge in [0.05, 0.1) is 15.4 Å². The average Bonchev–Trinajstić information content (AvgIpc) is 3.29. The lowest BCUT2D eigenvalue weighted by atomic mass is 10.2. The van der Waals surface area contributed by atoms with Gasteiger partial charge in [-0.25, -0.2) is 13.8 Å². The van der Waals surface area contributed by atoms with E-state index in [1.807, 2.05) is 0 Å². The zero-order valence-corrected chi connectivity index (χ0v) is 16.8. The number of amides is 1. The molecule has 0 radical (unpaired) electrons. The molecule has 0 spiro atoms. The van der Waals surface area contributed by atoms with Crippen molar-refractivity contribution in [3.05, 3.63) is 75.8 Å². The summed E-state index contributed by atoms with van der Waals surface area (Å²) in [4.78, 5) is 22.8. The van der Waals surface area contributed by atoms with E-state index in [0.717, 1.165) is 12.8 Å². The largest absolute Gasteiger partial charge is 0.276 e. The number of para-hydroxylation sites is 1. The maximum atomic E-state index is 12.6. The number of nitro groups is 1. The van der Waals surface area contributed by atoms with Gasteiger partial charge in [-0.15, -0.1) is 0 Å². The second kappa shape index (κ2) is 9.42. The van der Waals surface area contributed by atoms with Gasteiger partial charge in [0.15, 0.2) is 0 Å². The number of nitrogens with zero attached hydrogens (tertiary/aromatic N) is 3. The van der Waals surface area contributed by atoms with Crippen molar-refractivity contribution in [2.75, 3.05) is 13.1 Å².